The Morgan fingerprint density at radius 2 is 2.04 bits per heavy atom. The number of aromatic nitrogens is 1. The lowest BCUT2D eigenvalue weighted by Gasteiger charge is -2.39. The number of aromatic amines is 1. The van der Waals surface area contributed by atoms with Crippen molar-refractivity contribution in [1.82, 2.24) is 9.88 Å². The van der Waals surface area contributed by atoms with Crippen LogP contribution in [-0.4, -0.2) is 46.2 Å². The van der Waals surface area contributed by atoms with Crippen molar-refractivity contribution >= 4 is 5.91 Å². The van der Waals surface area contributed by atoms with Crippen LogP contribution in [0.2, 0.25) is 0 Å². The summed E-state index contributed by atoms with van der Waals surface area (Å²) in [5.74, 6) is 0.361. The van der Waals surface area contributed by atoms with Gasteiger partial charge in [0, 0.05) is 12.2 Å². The SMILES string of the molecule is Cc1ccc(C(=O)N2CCC[C@@](O)(COc3ccccc3C)C2)c(=O)[nH]1. The van der Waals surface area contributed by atoms with Gasteiger partial charge in [0.25, 0.3) is 11.5 Å². The van der Waals surface area contributed by atoms with Gasteiger partial charge in [-0.25, -0.2) is 0 Å². The highest BCUT2D eigenvalue weighted by molar-refractivity contribution is 5.94. The molecule has 1 aliphatic rings. The number of carbonyl (C=O) groups is 1. The first kappa shape index (κ1) is 18.2. The van der Waals surface area contributed by atoms with Crippen LogP contribution >= 0.6 is 0 Å². The molecule has 1 saturated heterocycles. The largest absolute Gasteiger partial charge is 0.490 e. The summed E-state index contributed by atoms with van der Waals surface area (Å²) in [5, 5.41) is 10.9. The fourth-order valence-corrected chi connectivity index (χ4v) is 3.24. The lowest BCUT2D eigenvalue weighted by atomic mass is 9.93. The van der Waals surface area contributed by atoms with Crippen molar-refractivity contribution in [3.63, 3.8) is 0 Å². The van der Waals surface area contributed by atoms with Gasteiger partial charge in [0.05, 0.1) is 6.54 Å². The summed E-state index contributed by atoms with van der Waals surface area (Å²) in [7, 11) is 0. The Bertz CT molecular complexity index is 861. The van der Waals surface area contributed by atoms with E-state index < -0.39 is 11.2 Å². The van der Waals surface area contributed by atoms with Gasteiger partial charge in [-0.2, -0.15) is 0 Å². The minimum atomic E-state index is -1.13. The van der Waals surface area contributed by atoms with Gasteiger partial charge in [-0.15, -0.1) is 0 Å². The molecular weight excluding hydrogens is 332 g/mol. The molecule has 1 aromatic heterocycles. The van der Waals surface area contributed by atoms with E-state index in [4.69, 9.17) is 4.74 Å². The first-order valence-electron chi connectivity index (χ1n) is 8.78. The zero-order chi connectivity index (χ0) is 18.7. The Morgan fingerprint density at radius 1 is 1.27 bits per heavy atom. The Morgan fingerprint density at radius 3 is 2.77 bits per heavy atom. The number of aryl methyl sites for hydroxylation is 2. The van der Waals surface area contributed by atoms with Crippen molar-refractivity contribution in [2.24, 2.45) is 0 Å². The minimum Gasteiger partial charge on any atom is -0.490 e. The van der Waals surface area contributed by atoms with Crippen LogP contribution in [0.1, 0.15) is 34.5 Å². The number of aliphatic hydroxyl groups is 1. The number of hydrogen-bond donors (Lipinski definition) is 2. The van der Waals surface area contributed by atoms with Crippen molar-refractivity contribution < 1.29 is 14.6 Å². The third-order valence-electron chi connectivity index (χ3n) is 4.72. The monoisotopic (exact) mass is 356 g/mol. The molecule has 3 rings (SSSR count). The van der Waals surface area contributed by atoms with Crippen molar-refractivity contribution in [3.05, 3.63) is 63.6 Å². The normalized spacial score (nSPS) is 20.0. The number of nitrogens with zero attached hydrogens (tertiary/aromatic N) is 1. The number of carbonyl (C=O) groups excluding carboxylic acids is 1. The summed E-state index contributed by atoms with van der Waals surface area (Å²) in [6, 6.07) is 10.8. The van der Waals surface area contributed by atoms with Crippen LogP contribution in [-0.2, 0) is 0 Å². The van der Waals surface area contributed by atoms with Crippen LogP contribution in [0.4, 0.5) is 0 Å². The molecule has 6 nitrogen and oxygen atoms in total. The maximum Gasteiger partial charge on any atom is 0.260 e. The molecule has 2 aromatic rings. The van der Waals surface area contributed by atoms with Gasteiger partial charge in [0.2, 0.25) is 0 Å². The molecule has 0 saturated carbocycles. The minimum absolute atomic E-state index is 0.0969. The summed E-state index contributed by atoms with van der Waals surface area (Å²) < 4.78 is 5.80. The molecule has 1 fully saturated rings. The maximum atomic E-state index is 12.7. The first-order chi connectivity index (χ1) is 12.4. The van der Waals surface area contributed by atoms with Gasteiger partial charge in [0.15, 0.2) is 0 Å². The number of β-amino-alcohol motifs (C(OH)–C–C–N with tert-alkyl or cyclic N) is 1. The molecule has 1 atom stereocenters. The number of likely N-dealkylation sites (tertiary alicyclic amines) is 1. The molecule has 0 radical (unpaired) electrons. The van der Waals surface area contributed by atoms with E-state index in [1.165, 1.54) is 11.0 Å². The topological polar surface area (TPSA) is 82.6 Å². The molecule has 1 aromatic carbocycles. The van der Waals surface area contributed by atoms with E-state index in [-0.39, 0.29) is 24.6 Å². The van der Waals surface area contributed by atoms with Crippen molar-refractivity contribution in [3.8, 4) is 5.75 Å². The zero-order valence-electron chi connectivity index (χ0n) is 15.1. The predicted octanol–water partition coefficient (Wildman–Crippen LogP) is 2.04. The Labute approximate surface area is 152 Å². The fraction of sp³-hybridized carbons (Fsp3) is 0.400. The van der Waals surface area contributed by atoms with Crippen LogP contribution in [0, 0.1) is 13.8 Å². The summed E-state index contributed by atoms with van der Waals surface area (Å²) in [5.41, 5.74) is 0.257. The molecule has 0 bridgehead atoms. The number of benzene rings is 1. The molecule has 1 aliphatic heterocycles. The van der Waals surface area contributed by atoms with E-state index in [1.54, 1.807) is 13.0 Å². The third kappa shape index (κ3) is 3.96. The van der Waals surface area contributed by atoms with Gasteiger partial charge in [-0.1, -0.05) is 18.2 Å². The lowest BCUT2D eigenvalue weighted by molar-refractivity contribution is -0.0533. The van der Waals surface area contributed by atoms with Crippen LogP contribution in [0.15, 0.2) is 41.2 Å². The fourth-order valence-electron chi connectivity index (χ4n) is 3.24. The van der Waals surface area contributed by atoms with Crippen LogP contribution in [0.3, 0.4) is 0 Å². The van der Waals surface area contributed by atoms with Crippen molar-refractivity contribution in [1.29, 1.82) is 0 Å². The Kier molecular flexibility index (Phi) is 5.13. The number of rotatable bonds is 4. The van der Waals surface area contributed by atoms with E-state index in [9.17, 15) is 14.7 Å². The second kappa shape index (κ2) is 7.33. The van der Waals surface area contributed by atoms with Crippen LogP contribution < -0.4 is 10.3 Å². The van der Waals surface area contributed by atoms with Crippen LogP contribution in [0.25, 0.3) is 0 Å². The lowest BCUT2D eigenvalue weighted by Crippen LogP contribution is -2.53. The Hall–Kier alpha value is -2.60. The number of amides is 1. The molecule has 0 spiro atoms. The standard InChI is InChI=1S/C20H24N2O4/c1-14-6-3-4-7-17(14)26-13-20(25)10-5-11-22(12-20)19(24)16-9-8-15(2)21-18(16)23/h3-4,6-9,25H,5,10-13H2,1-2H3,(H,21,23)/t20-/m0/s1. The van der Waals surface area contributed by atoms with E-state index >= 15 is 0 Å². The molecule has 2 heterocycles. The summed E-state index contributed by atoms with van der Waals surface area (Å²) in [6.07, 6.45) is 1.20. The number of hydrogen-bond acceptors (Lipinski definition) is 4. The quantitative estimate of drug-likeness (QED) is 0.878. The second-order valence-electron chi connectivity index (χ2n) is 6.99. The maximum absolute atomic E-state index is 12.7. The number of nitrogens with one attached hydrogen (secondary N) is 1. The highest BCUT2D eigenvalue weighted by Crippen LogP contribution is 2.25. The summed E-state index contributed by atoms with van der Waals surface area (Å²) in [6.45, 7) is 4.47. The number of piperidine rings is 1. The average molecular weight is 356 g/mol. The van der Waals surface area contributed by atoms with E-state index in [0.717, 1.165) is 11.3 Å². The highest BCUT2D eigenvalue weighted by atomic mass is 16.5. The van der Waals surface area contributed by atoms with Gasteiger partial charge in [-0.3, -0.25) is 9.59 Å². The molecular formula is C20H24N2O4. The first-order valence-corrected chi connectivity index (χ1v) is 8.78. The summed E-state index contributed by atoms with van der Waals surface area (Å²) >= 11 is 0. The number of ether oxygens (including phenoxy) is 1. The van der Waals surface area contributed by atoms with Crippen molar-refractivity contribution in [2.45, 2.75) is 32.3 Å². The van der Waals surface area contributed by atoms with Crippen LogP contribution in [0.5, 0.6) is 5.75 Å². The van der Waals surface area contributed by atoms with E-state index in [0.29, 0.717) is 25.1 Å². The summed E-state index contributed by atoms with van der Waals surface area (Å²) in [4.78, 5) is 28.9. The number of pyridine rings is 1. The van der Waals surface area contributed by atoms with E-state index in [1.807, 2.05) is 31.2 Å². The second-order valence-corrected chi connectivity index (χ2v) is 6.99. The predicted molar refractivity (Wildman–Crippen MR) is 98.6 cm³/mol. The number of H-pyrrole nitrogens is 1. The smallest absolute Gasteiger partial charge is 0.260 e. The highest BCUT2D eigenvalue weighted by Gasteiger charge is 2.37. The number of para-hydroxylation sites is 1. The van der Waals surface area contributed by atoms with Gasteiger partial charge in [-0.05, 0) is 50.5 Å². The zero-order valence-corrected chi connectivity index (χ0v) is 15.1. The molecule has 0 aliphatic carbocycles. The van der Waals surface area contributed by atoms with Crippen molar-refractivity contribution in [2.75, 3.05) is 19.7 Å². The van der Waals surface area contributed by atoms with Gasteiger partial charge in [0.1, 0.15) is 23.5 Å². The molecule has 0 unspecified atom stereocenters. The molecule has 6 heteroatoms. The van der Waals surface area contributed by atoms with Gasteiger partial charge >= 0.3 is 0 Å². The average Bonchev–Trinajstić information content (AvgIpc) is 2.61. The molecule has 138 valence electrons. The third-order valence-corrected chi connectivity index (χ3v) is 4.72. The molecule has 1 amide bonds. The Balaban J connectivity index is 1.70. The molecule has 26 heavy (non-hydrogen) atoms. The molecule has 2 N–H and O–H groups in total. The van der Waals surface area contributed by atoms with Gasteiger partial charge < -0.3 is 19.7 Å². The van der Waals surface area contributed by atoms with E-state index in [2.05, 4.69) is 4.98 Å².